The van der Waals surface area contributed by atoms with E-state index < -0.39 is 0 Å². The number of nitrogens with one attached hydrogen (secondary N) is 1. The molecule has 3 N–H and O–H groups in total. The Morgan fingerprint density at radius 3 is 2.35 bits per heavy atom. The Kier molecular flexibility index (Phi) is 3.47. The molecule has 0 radical (unpaired) electrons. The van der Waals surface area contributed by atoms with Crippen molar-refractivity contribution in [2.75, 3.05) is 11.1 Å². The zero-order valence-corrected chi connectivity index (χ0v) is 10.9. The van der Waals surface area contributed by atoms with Gasteiger partial charge in [-0.05, 0) is 0 Å². The first-order chi connectivity index (χ1) is 8.16. The van der Waals surface area contributed by atoms with Gasteiger partial charge in [0.05, 0.1) is 0 Å². The number of anilines is 2. The SMILES string of the molecule is Nc1ccc(NC(=O)c2ccccc2[SeH])cc1. The maximum absolute atomic E-state index is 12.0. The fraction of sp³-hybridized carbons (Fsp3) is 0. The van der Waals surface area contributed by atoms with Gasteiger partial charge in [0.25, 0.3) is 0 Å². The molecule has 0 spiro atoms. The maximum atomic E-state index is 12.0. The number of benzene rings is 2. The van der Waals surface area contributed by atoms with Crippen LogP contribution in [-0.2, 0) is 0 Å². The molecule has 0 aliphatic rings. The molecule has 86 valence electrons. The van der Waals surface area contributed by atoms with E-state index in [-0.39, 0.29) is 5.91 Å². The Hall–Kier alpha value is -1.77. The molecular formula is C13H12N2OSe. The second-order valence-electron chi connectivity index (χ2n) is 3.59. The molecule has 0 bridgehead atoms. The van der Waals surface area contributed by atoms with Crippen molar-refractivity contribution >= 4 is 37.8 Å². The molecule has 0 fully saturated rings. The predicted octanol–water partition coefficient (Wildman–Crippen LogP) is 1.05. The molecule has 1 amide bonds. The normalized spacial score (nSPS) is 9.94. The van der Waals surface area contributed by atoms with E-state index in [1.165, 1.54) is 0 Å². The molecule has 3 nitrogen and oxygen atoms in total. The van der Waals surface area contributed by atoms with E-state index in [0.717, 1.165) is 10.1 Å². The molecule has 2 aromatic rings. The Balaban J connectivity index is 2.17. The second kappa shape index (κ2) is 5.04. The molecule has 0 unspecified atom stereocenters. The number of amides is 1. The number of hydrogen-bond donors (Lipinski definition) is 2. The Labute approximate surface area is 108 Å². The summed E-state index contributed by atoms with van der Waals surface area (Å²) in [5.74, 6) is -0.119. The van der Waals surface area contributed by atoms with E-state index in [2.05, 4.69) is 21.3 Å². The van der Waals surface area contributed by atoms with Gasteiger partial charge in [0, 0.05) is 0 Å². The molecule has 2 aromatic carbocycles. The number of nitrogen functional groups attached to an aromatic ring is 1. The van der Waals surface area contributed by atoms with Crippen LogP contribution in [0.5, 0.6) is 0 Å². The molecule has 4 heteroatoms. The van der Waals surface area contributed by atoms with Gasteiger partial charge in [-0.3, -0.25) is 0 Å². The first kappa shape index (κ1) is 11.7. The van der Waals surface area contributed by atoms with Crippen LogP contribution in [0.25, 0.3) is 0 Å². The van der Waals surface area contributed by atoms with Gasteiger partial charge >= 0.3 is 108 Å². The molecule has 0 heterocycles. The fourth-order valence-corrected chi connectivity index (χ4v) is 1.98. The van der Waals surface area contributed by atoms with Crippen LogP contribution >= 0.6 is 0 Å². The van der Waals surface area contributed by atoms with Gasteiger partial charge in [-0.25, -0.2) is 0 Å². The zero-order chi connectivity index (χ0) is 12.3. The van der Waals surface area contributed by atoms with E-state index in [1.54, 1.807) is 30.3 Å². The Morgan fingerprint density at radius 2 is 1.71 bits per heavy atom. The number of rotatable bonds is 2. The van der Waals surface area contributed by atoms with E-state index in [1.807, 2.05) is 18.2 Å². The Morgan fingerprint density at radius 1 is 1.06 bits per heavy atom. The summed E-state index contributed by atoms with van der Waals surface area (Å²) in [6, 6.07) is 14.5. The topological polar surface area (TPSA) is 55.1 Å². The second-order valence-corrected chi connectivity index (χ2v) is 4.60. The van der Waals surface area contributed by atoms with Crippen molar-refractivity contribution in [2.24, 2.45) is 0 Å². The van der Waals surface area contributed by atoms with Crippen LogP contribution in [0.3, 0.4) is 0 Å². The molecule has 0 aliphatic carbocycles. The van der Waals surface area contributed by atoms with Crippen LogP contribution in [-0.4, -0.2) is 21.9 Å². The van der Waals surface area contributed by atoms with Crippen molar-refractivity contribution in [3.8, 4) is 0 Å². The Bertz CT molecular complexity index is 537. The first-order valence-electron chi connectivity index (χ1n) is 5.12. The average molecular weight is 291 g/mol. The van der Waals surface area contributed by atoms with E-state index >= 15 is 0 Å². The third-order valence-electron chi connectivity index (χ3n) is 2.32. The standard InChI is InChI=1S/C13H12N2OSe/c14-9-5-7-10(8-6-9)15-13(16)11-3-1-2-4-12(11)17/h1-8,17H,14H2,(H,15,16). The van der Waals surface area contributed by atoms with Crippen molar-refractivity contribution < 1.29 is 4.79 Å². The number of nitrogens with two attached hydrogens (primary N) is 1. The summed E-state index contributed by atoms with van der Waals surface area (Å²) in [5, 5.41) is 2.82. The van der Waals surface area contributed by atoms with Crippen LogP contribution in [0.15, 0.2) is 48.5 Å². The summed E-state index contributed by atoms with van der Waals surface area (Å²) in [6.07, 6.45) is 0. The summed E-state index contributed by atoms with van der Waals surface area (Å²) in [6.45, 7) is 0. The van der Waals surface area contributed by atoms with Crippen LogP contribution in [0, 0.1) is 0 Å². The summed E-state index contributed by atoms with van der Waals surface area (Å²) in [5.41, 5.74) is 7.65. The van der Waals surface area contributed by atoms with Gasteiger partial charge in [0.1, 0.15) is 0 Å². The third kappa shape index (κ3) is 2.87. The van der Waals surface area contributed by atoms with Gasteiger partial charge in [-0.15, -0.1) is 0 Å². The summed E-state index contributed by atoms with van der Waals surface area (Å²) in [7, 11) is 0. The van der Waals surface area contributed by atoms with E-state index in [4.69, 9.17) is 5.73 Å². The van der Waals surface area contributed by atoms with Crippen LogP contribution < -0.4 is 15.5 Å². The summed E-state index contributed by atoms with van der Waals surface area (Å²) in [4.78, 5) is 12.0. The number of hydrogen-bond acceptors (Lipinski definition) is 2. The van der Waals surface area contributed by atoms with E-state index in [0.29, 0.717) is 11.3 Å². The molecule has 0 aliphatic heterocycles. The van der Waals surface area contributed by atoms with Crippen molar-refractivity contribution in [3.63, 3.8) is 0 Å². The molecular weight excluding hydrogens is 279 g/mol. The van der Waals surface area contributed by atoms with Gasteiger partial charge in [0.2, 0.25) is 0 Å². The molecule has 0 aromatic heterocycles. The summed E-state index contributed by atoms with van der Waals surface area (Å²) >= 11 is 2.39. The quantitative estimate of drug-likeness (QED) is 0.642. The first-order valence-corrected chi connectivity index (χ1v) is 6.05. The van der Waals surface area contributed by atoms with Crippen LogP contribution in [0.1, 0.15) is 10.4 Å². The number of carbonyl (C=O) groups excluding carboxylic acids is 1. The van der Waals surface area contributed by atoms with Crippen LogP contribution in [0.4, 0.5) is 11.4 Å². The van der Waals surface area contributed by atoms with Gasteiger partial charge in [0.15, 0.2) is 0 Å². The predicted molar refractivity (Wildman–Crippen MR) is 72.0 cm³/mol. The minimum absolute atomic E-state index is 0.119. The zero-order valence-electron chi connectivity index (χ0n) is 9.05. The average Bonchev–Trinajstić information content (AvgIpc) is 2.32. The van der Waals surface area contributed by atoms with Gasteiger partial charge < -0.3 is 0 Å². The molecule has 17 heavy (non-hydrogen) atoms. The van der Waals surface area contributed by atoms with Gasteiger partial charge in [-0.1, -0.05) is 0 Å². The summed E-state index contributed by atoms with van der Waals surface area (Å²) < 4.78 is 0.896. The minimum atomic E-state index is -0.119. The van der Waals surface area contributed by atoms with Gasteiger partial charge in [-0.2, -0.15) is 0 Å². The molecule has 2 rings (SSSR count). The van der Waals surface area contributed by atoms with Crippen molar-refractivity contribution in [1.82, 2.24) is 0 Å². The van der Waals surface area contributed by atoms with Crippen molar-refractivity contribution in [1.29, 1.82) is 0 Å². The third-order valence-corrected chi connectivity index (χ3v) is 3.14. The van der Waals surface area contributed by atoms with E-state index in [9.17, 15) is 4.79 Å². The molecule has 0 saturated heterocycles. The van der Waals surface area contributed by atoms with Crippen molar-refractivity contribution in [2.45, 2.75) is 0 Å². The molecule has 0 atom stereocenters. The van der Waals surface area contributed by atoms with Crippen molar-refractivity contribution in [3.05, 3.63) is 54.1 Å². The number of carbonyl (C=O) groups is 1. The fourth-order valence-electron chi connectivity index (χ4n) is 1.43. The molecule has 0 saturated carbocycles. The van der Waals surface area contributed by atoms with Crippen LogP contribution in [0.2, 0.25) is 0 Å². The monoisotopic (exact) mass is 292 g/mol.